The Balaban J connectivity index is 2.04. The Kier molecular flexibility index (Phi) is 6.95. The number of hydrogen-bond donors (Lipinski definition) is 0. The van der Waals surface area contributed by atoms with Gasteiger partial charge in [-0.2, -0.15) is 0 Å². The molecule has 0 radical (unpaired) electrons. The van der Waals surface area contributed by atoms with E-state index in [1.807, 2.05) is 24.4 Å². The number of ether oxygens (including phenoxy) is 1. The van der Waals surface area contributed by atoms with E-state index in [9.17, 15) is 0 Å². The Bertz CT molecular complexity index is 551. The summed E-state index contributed by atoms with van der Waals surface area (Å²) in [5.74, 6) is 0.931. The molecule has 0 fully saturated rings. The third-order valence-electron chi connectivity index (χ3n) is 4.05. The summed E-state index contributed by atoms with van der Waals surface area (Å²) in [6.45, 7) is 2.26. The van der Waals surface area contributed by atoms with Crippen LogP contribution in [-0.2, 0) is 6.42 Å². The molecule has 0 bridgehead atoms. The maximum absolute atomic E-state index is 5.38. The zero-order valence-corrected chi connectivity index (χ0v) is 13.8. The largest absolute Gasteiger partial charge is 0.497 e. The van der Waals surface area contributed by atoms with Gasteiger partial charge in [0, 0.05) is 11.8 Å². The zero-order chi connectivity index (χ0) is 15.6. The Morgan fingerprint density at radius 2 is 1.77 bits per heavy atom. The molecule has 0 aliphatic rings. The van der Waals surface area contributed by atoms with Crippen LogP contribution in [0, 0.1) is 0 Å². The van der Waals surface area contributed by atoms with Crippen molar-refractivity contribution < 1.29 is 4.74 Å². The lowest BCUT2D eigenvalue weighted by molar-refractivity contribution is 0.414. The molecule has 2 heteroatoms. The molecule has 0 saturated carbocycles. The molecular formula is C20H27NO. The number of pyridine rings is 1. The zero-order valence-electron chi connectivity index (χ0n) is 13.8. The minimum absolute atomic E-state index is 0.931. The third kappa shape index (κ3) is 4.87. The molecule has 1 aromatic carbocycles. The SMILES string of the molecule is CCCCCCCCc1cc(OC)ccc1-c1ccccn1. The summed E-state index contributed by atoms with van der Waals surface area (Å²) in [6.07, 6.45) is 10.9. The molecule has 1 heterocycles. The number of benzene rings is 1. The van der Waals surface area contributed by atoms with Gasteiger partial charge in [0.2, 0.25) is 0 Å². The monoisotopic (exact) mass is 297 g/mol. The summed E-state index contributed by atoms with van der Waals surface area (Å²) in [5.41, 5.74) is 3.62. The quantitative estimate of drug-likeness (QED) is 0.557. The molecule has 0 amide bonds. The number of methoxy groups -OCH3 is 1. The fourth-order valence-corrected chi connectivity index (χ4v) is 2.77. The van der Waals surface area contributed by atoms with Crippen molar-refractivity contribution in [1.82, 2.24) is 4.98 Å². The van der Waals surface area contributed by atoms with Gasteiger partial charge in [-0.15, -0.1) is 0 Å². The Morgan fingerprint density at radius 1 is 0.955 bits per heavy atom. The second kappa shape index (κ2) is 9.24. The van der Waals surface area contributed by atoms with Crippen molar-refractivity contribution in [2.24, 2.45) is 0 Å². The van der Waals surface area contributed by atoms with Gasteiger partial charge in [-0.3, -0.25) is 4.98 Å². The van der Waals surface area contributed by atoms with E-state index in [2.05, 4.69) is 30.1 Å². The van der Waals surface area contributed by atoms with Gasteiger partial charge in [-0.25, -0.2) is 0 Å². The average molecular weight is 297 g/mol. The smallest absolute Gasteiger partial charge is 0.119 e. The summed E-state index contributed by atoms with van der Waals surface area (Å²) in [6, 6.07) is 12.4. The molecule has 2 aromatic rings. The van der Waals surface area contributed by atoms with Gasteiger partial charge in [0.1, 0.15) is 5.75 Å². The maximum Gasteiger partial charge on any atom is 0.119 e. The van der Waals surface area contributed by atoms with Crippen molar-refractivity contribution in [2.75, 3.05) is 7.11 Å². The average Bonchev–Trinajstić information content (AvgIpc) is 2.58. The van der Waals surface area contributed by atoms with Crippen LogP contribution in [0.3, 0.4) is 0 Å². The van der Waals surface area contributed by atoms with Crippen LogP contribution in [0.5, 0.6) is 5.75 Å². The highest BCUT2D eigenvalue weighted by Crippen LogP contribution is 2.27. The van der Waals surface area contributed by atoms with E-state index in [0.29, 0.717) is 0 Å². The van der Waals surface area contributed by atoms with Gasteiger partial charge in [0.25, 0.3) is 0 Å². The van der Waals surface area contributed by atoms with Gasteiger partial charge in [-0.05, 0) is 48.7 Å². The normalized spacial score (nSPS) is 10.6. The minimum atomic E-state index is 0.931. The van der Waals surface area contributed by atoms with E-state index in [0.717, 1.165) is 17.9 Å². The van der Waals surface area contributed by atoms with Crippen molar-refractivity contribution in [3.05, 3.63) is 48.2 Å². The standard InChI is InChI=1S/C20H27NO/c1-3-4-5-6-7-8-11-17-16-18(22-2)13-14-19(17)20-12-9-10-15-21-20/h9-10,12-16H,3-8,11H2,1-2H3. The molecule has 0 aliphatic carbocycles. The van der Waals surface area contributed by atoms with Crippen LogP contribution in [0.4, 0.5) is 0 Å². The minimum Gasteiger partial charge on any atom is -0.497 e. The predicted octanol–water partition coefficient (Wildman–Crippen LogP) is 5.66. The topological polar surface area (TPSA) is 22.1 Å². The molecule has 22 heavy (non-hydrogen) atoms. The van der Waals surface area contributed by atoms with Crippen LogP contribution in [0.25, 0.3) is 11.3 Å². The lowest BCUT2D eigenvalue weighted by atomic mass is 9.98. The van der Waals surface area contributed by atoms with E-state index < -0.39 is 0 Å². The van der Waals surface area contributed by atoms with E-state index in [-0.39, 0.29) is 0 Å². The number of aromatic nitrogens is 1. The maximum atomic E-state index is 5.38. The highest BCUT2D eigenvalue weighted by molar-refractivity contribution is 5.64. The first kappa shape index (κ1) is 16.5. The Hall–Kier alpha value is -1.83. The van der Waals surface area contributed by atoms with Crippen LogP contribution in [0.1, 0.15) is 51.0 Å². The van der Waals surface area contributed by atoms with Crippen molar-refractivity contribution in [3.8, 4) is 17.0 Å². The molecule has 2 rings (SSSR count). The predicted molar refractivity (Wildman–Crippen MR) is 93.3 cm³/mol. The van der Waals surface area contributed by atoms with Gasteiger partial charge in [-0.1, -0.05) is 45.1 Å². The van der Waals surface area contributed by atoms with Gasteiger partial charge in [0.15, 0.2) is 0 Å². The first-order chi connectivity index (χ1) is 10.8. The number of unbranched alkanes of at least 4 members (excludes halogenated alkanes) is 5. The fourth-order valence-electron chi connectivity index (χ4n) is 2.77. The summed E-state index contributed by atoms with van der Waals surface area (Å²) >= 11 is 0. The second-order valence-electron chi connectivity index (χ2n) is 5.76. The lowest BCUT2D eigenvalue weighted by Gasteiger charge is -2.11. The Morgan fingerprint density at radius 3 is 2.50 bits per heavy atom. The lowest BCUT2D eigenvalue weighted by Crippen LogP contribution is -1.94. The van der Waals surface area contributed by atoms with E-state index in [4.69, 9.17) is 4.74 Å². The molecule has 0 saturated heterocycles. The third-order valence-corrected chi connectivity index (χ3v) is 4.05. The molecule has 0 N–H and O–H groups in total. The molecule has 0 atom stereocenters. The summed E-state index contributed by atoms with van der Waals surface area (Å²) in [5, 5.41) is 0. The highest BCUT2D eigenvalue weighted by atomic mass is 16.5. The van der Waals surface area contributed by atoms with Gasteiger partial charge < -0.3 is 4.74 Å². The first-order valence-corrected chi connectivity index (χ1v) is 8.43. The van der Waals surface area contributed by atoms with Crippen LogP contribution in [0.2, 0.25) is 0 Å². The first-order valence-electron chi connectivity index (χ1n) is 8.43. The molecule has 0 spiro atoms. The summed E-state index contributed by atoms with van der Waals surface area (Å²) in [4.78, 5) is 4.49. The van der Waals surface area contributed by atoms with Crippen LogP contribution >= 0.6 is 0 Å². The second-order valence-corrected chi connectivity index (χ2v) is 5.76. The van der Waals surface area contributed by atoms with E-state index in [1.54, 1.807) is 7.11 Å². The van der Waals surface area contributed by atoms with Crippen LogP contribution in [-0.4, -0.2) is 12.1 Å². The molecule has 0 aliphatic heterocycles. The Labute approximate surface area is 134 Å². The van der Waals surface area contributed by atoms with E-state index in [1.165, 1.54) is 49.7 Å². The van der Waals surface area contributed by atoms with Crippen LogP contribution in [0.15, 0.2) is 42.6 Å². The molecule has 1 aromatic heterocycles. The van der Waals surface area contributed by atoms with Crippen molar-refractivity contribution in [1.29, 1.82) is 0 Å². The number of aryl methyl sites for hydroxylation is 1. The number of rotatable bonds is 9. The van der Waals surface area contributed by atoms with Crippen LogP contribution < -0.4 is 4.74 Å². The van der Waals surface area contributed by atoms with Crippen molar-refractivity contribution in [2.45, 2.75) is 51.9 Å². The summed E-state index contributed by atoms with van der Waals surface area (Å²) in [7, 11) is 1.73. The fraction of sp³-hybridized carbons (Fsp3) is 0.450. The van der Waals surface area contributed by atoms with E-state index >= 15 is 0 Å². The van der Waals surface area contributed by atoms with Gasteiger partial charge in [0.05, 0.1) is 12.8 Å². The van der Waals surface area contributed by atoms with Crippen molar-refractivity contribution in [3.63, 3.8) is 0 Å². The van der Waals surface area contributed by atoms with Crippen molar-refractivity contribution >= 4 is 0 Å². The molecular weight excluding hydrogens is 270 g/mol. The highest BCUT2D eigenvalue weighted by Gasteiger charge is 2.07. The molecule has 118 valence electrons. The molecule has 0 unspecified atom stereocenters. The summed E-state index contributed by atoms with van der Waals surface area (Å²) < 4.78 is 5.38. The number of hydrogen-bond acceptors (Lipinski definition) is 2. The van der Waals surface area contributed by atoms with Gasteiger partial charge >= 0.3 is 0 Å². The number of nitrogens with zero attached hydrogens (tertiary/aromatic N) is 1. The molecule has 2 nitrogen and oxygen atoms in total.